The molecule has 15 heteroatoms. The van der Waals surface area contributed by atoms with Crippen LogP contribution in [0.5, 0.6) is 0 Å². The van der Waals surface area contributed by atoms with Crippen LogP contribution in [-0.4, -0.2) is 43.8 Å². The summed E-state index contributed by atoms with van der Waals surface area (Å²) >= 11 is 0. The Morgan fingerprint density at radius 2 is 1.78 bits per heavy atom. The first-order valence-corrected chi connectivity index (χ1v) is 12.0. The van der Waals surface area contributed by atoms with Gasteiger partial charge in [0.1, 0.15) is 6.54 Å². The number of H-pyrrole nitrogens is 1. The number of benzene rings is 2. The molecule has 0 bridgehead atoms. The van der Waals surface area contributed by atoms with Crippen molar-refractivity contribution in [3.05, 3.63) is 92.3 Å². The van der Waals surface area contributed by atoms with Gasteiger partial charge in [0.25, 0.3) is 0 Å². The largest absolute Gasteiger partial charge is 0.480 e. The number of hydrogen-bond donors (Lipinski definition) is 4. The van der Waals surface area contributed by atoms with Gasteiger partial charge in [-0.05, 0) is 55.0 Å². The van der Waals surface area contributed by atoms with Crippen molar-refractivity contribution in [1.29, 1.82) is 0 Å². The number of anilines is 1. The summed E-state index contributed by atoms with van der Waals surface area (Å²) in [5.74, 6) is -1.98. The number of rotatable bonds is 8. The van der Waals surface area contributed by atoms with E-state index in [1.165, 1.54) is 42.7 Å². The molecule has 4 aromatic rings. The Balaban J connectivity index is 1.57. The van der Waals surface area contributed by atoms with Crippen LogP contribution < -0.4 is 21.8 Å². The number of nitrogens with zero attached hydrogens (tertiary/aromatic N) is 2. The number of aliphatic carboxylic acids is 1. The number of aromatic nitrogens is 3. The van der Waals surface area contributed by atoms with Crippen LogP contribution >= 0.6 is 0 Å². The average molecular weight is 573 g/mol. The van der Waals surface area contributed by atoms with Crippen molar-refractivity contribution >= 4 is 34.7 Å². The molecule has 4 N–H and O–H groups in total. The molecular weight excluding hydrogens is 551 g/mol. The maximum Gasteiger partial charge on any atom is 0.418 e. The number of carboxylic acid groups (broad SMARTS) is 1. The second-order valence-electron chi connectivity index (χ2n) is 8.66. The Hall–Kier alpha value is -5.34. The molecule has 0 saturated carbocycles. The van der Waals surface area contributed by atoms with Crippen LogP contribution in [-0.2, 0) is 28.8 Å². The van der Waals surface area contributed by atoms with E-state index >= 15 is 0 Å². The number of esters is 1. The van der Waals surface area contributed by atoms with E-state index < -0.39 is 53.1 Å². The zero-order valence-electron chi connectivity index (χ0n) is 21.2. The highest BCUT2D eigenvalue weighted by Gasteiger charge is 2.35. The number of halogens is 3. The number of carbonyl (C=O) groups excluding carboxylic acids is 2. The number of nitrogens with one attached hydrogen (secondary N) is 3. The van der Waals surface area contributed by atoms with E-state index in [0.29, 0.717) is 27.4 Å². The van der Waals surface area contributed by atoms with E-state index in [1.807, 2.05) is 0 Å². The van der Waals surface area contributed by atoms with Gasteiger partial charge < -0.3 is 30.0 Å². The average Bonchev–Trinajstić information content (AvgIpc) is 3.38. The fraction of sp³-hybridized carbons (Fsp3) is 0.192. The SMILES string of the molecule is CCOC(=O)c1ccc(NC(=O)NCc2ccn(-c3cc4c(cc3C(F)(F)F)[nH]c(=O)c(=O)n4CC(=O)O)c2)cc1. The van der Waals surface area contributed by atoms with Crippen LogP contribution in [0.3, 0.4) is 0 Å². The lowest BCUT2D eigenvalue weighted by molar-refractivity contribution is -0.138. The molecule has 214 valence electrons. The molecule has 0 atom stereocenters. The molecule has 0 aliphatic heterocycles. The van der Waals surface area contributed by atoms with Gasteiger partial charge in [0.05, 0.1) is 34.5 Å². The monoisotopic (exact) mass is 573 g/mol. The third-order valence-electron chi connectivity index (χ3n) is 5.83. The number of urea groups is 1. The highest BCUT2D eigenvalue weighted by Crippen LogP contribution is 2.36. The van der Waals surface area contributed by atoms with E-state index in [1.54, 1.807) is 6.92 Å². The molecule has 0 saturated heterocycles. The van der Waals surface area contributed by atoms with Gasteiger partial charge in [0.15, 0.2) is 0 Å². The Morgan fingerprint density at radius 3 is 2.41 bits per heavy atom. The van der Waals surface area contributed by atoms with Crippen LogP contribution in [0.2, 0.25) is 0 Å². The molecule has 0 spiro atoms. The number of hydrogen-bond acceptors (Lipinski definition) is 6. The van der Waals surface area contributed by atoms with Crippen LogP contribution in [0, 0.1) is 0 Å². The van der Waals surface area contributed by atoms with Gasteiger partial charge in [-0.3, -0.25) is 19.0 Å². The Bertz CT molecular complexity index is 1750. The number of aromatic amines is 1. The lowest BCUT2D eigenvalue weighted by Crippen LogP contribution is -2.38. The predicted molar refractivity (Wildman–Crippen MR) is 139 cm³/mol. The fourth-order valence-corrected chi connectivity index (χ4v) is 4.00. The fourth-order valence-electron chi connectivity index (χ4n) is 4.00. The maximum absolute atomic E-state index is 14.0. The van der Waals surface area contributed by atoms with Crippen LogP contribution in [0.25, 0.3) is 16.7 Å². The molecule has 41 heavy (non-hydrogen) atoms. The number of alkyl halides is 3. The lowest BCUT2D eigenvalue weighted by Gasteiger charge is -2.17. The van der Waals surface area contributed by atoms with Gasteiger partial charge in [0.2, 0.25) is 0 Å². The van der Waals surface area contributed by atoms with Crippen LogP contribution in [0.15, 0.2) is 64.4 Å². The molecular formula is C26H22F3N5O7. The topological polar surface area (TPSA) is 165 Å². The summed E-state index contributed by atoms with van der Waals surface area (Å²) < 4.78 is 48.5. The number of amides is 2. The van der Waals surface area contributed by atoms with Gasteiger partial charge in [-0.25, -0.2) is 9.59 Å². The van der Waals surface area contributed by atoms with E-state index in [2.05, 4.69) is 15.6 Å². The first-order valence-electron chi connectivity index (χ1n) is 12.0. The normalized spacial score (nSPS) is 11.3. The zero-order valence-corrected chi connectivity index (χ0v) is 21.2. The van der Waals surface area contributed by atoms with Gasteiger partial charge >= 0.3 is 35.3 Å². The summed E-state index contributed by atoms with van der Waals surface area (Å²) in [5, 5.41) is 14.3. The van der Waals surface area contributed by atoms with E-state index in [9.17, 15) is 37.1 Å². The second-order valence-corrected chi connectivity index (χ2v) is 8.66. The minimum absolute atomic E-state index is 0.0777. The molecule has 0 radical (unpaired) electrons. The molecule has 12 nitrogen and oxygen atoms in total. The third-order valence-corrected chi connectivity index (χ3v) is 5.83. The van der Waals surface area contributed by atoms with E-state index in [-0.39, 0.29) is 24.2 Å². The first kappa shape index (κ1) is 28.7. The van der Waals surface area contributed by atoms with Crippen LogP contribution in [0.1, 0.15) is 28.4 Å². The lowest BCUT2D eigenvalue weighted by atomic mass is 10.1. The predicted octanol–water partition coefficient (Wildman–Crippen LogP) is 3.08. The van der Waals surface area contributed by atoms with Gasteiger partial charge in [0, 0.05) is 24.6 Å². The molecule has 0 unspecified atom stereocenters. The highest BCUT2D eigenvalue weighted by molar-refractivity contribution is 5.92. The molecule has 4 rings (SSSR count). The van der Waals surface area contributed by atoms with Gasteiger partial charge in [-0.15, -0.1) is 0 Å². The summed E-state index contributed by atoms with van der Waals surface area (Å²) in [6, 6.07) is 8.36. The van der Waals surface area contributed by atoms with Gasteiger partial charge in [-0.2, -0.15) is 13.2 Å². The number of ether oxygens (including phenoxy) is 1. The van der Waals surface area contributed by atoms with E-state index in [4.69, 9.17) is 9.84 Å². The summed E-state index contributed by atoms with van der Waals surface area (Å²) in [6.45, 7) is 0.874. The van der Waals surface area contributed by atoms with Crippen molar-refractivity contribution < 1.29 is 37.4 Å². The van der Waals surface area contributed by atoms with Crippen molar-refractivity contribution in [2.24, 2.45) is 0 Å². The molecule has 0 aliphatic carbocycles. The molecule has 2 heterocycles. The molecule has 2 aromatic heterocycles. The Morgan fingerprint density at radius 1 is 1.07 bits per heavy atom. The minimum atomic E-state index is -4.88. The summed E-state index contributed by atoms with van der Waals surface area (Å²) in [5.41, 5.74) is -3.58. The van der Waals surface area contributed by atoms with Crippen molar-refractivity contribution in [1.82, 2.24) is 19.4 Å². The number of fused-ring (bicyclic) bond motifs is 1. The number of carboxylic acids is 1. The second kappa shape index (κ2) is 11.4. The summed E-state index contributed by atoms with van der Waals surface area (Å²) in [6.07, 6.45) is -2.26. The van der Waals surface area contributed by atoms with Crippen molar-refractivity contribution in [3.63, 3.8) is 0 Å². The summed E-state index contributed by atoms with van der Waals surface area (Å²) in [4.78, 5) is 61.6. The Labute approximate surface area is 228 Å². The molecule has 2 aromatic carbocycles. The third kappa shape index (κ3) is 6.46. The highest BCUT2D eigenvalue weighted by atomic mass is 19.4. The van der Waals surface area contributed by atoms with E-state index in [0.717, 1.165) is 10.6 Å². The first-order chi connectivity index (χ1) is 19.4. The zero-order chi connectivity index (χ0) is 29.9. The maximum atomic E-state index is 14.0. The summed E-state index contributed by atoms with van der Waals surface area (Å²) in [7, 11) is 0. The molecule has 2 amide bonds. The number of carbonyl (C=O) groups is 3. The molecule has 0 aliphatic rings. The van der Waals surface area contributed by atoms with Gasteiger partial charge in [-0.1, -0.05) is 0 Å². The smallest absolute Gasteiger partial charge is 0.418 e. The van der Waals surface area contributed by atoms with Crippen LogP contribution in [0.4, 0.5) is 23.7 Å². The minimum Gasteiger partial charge on any atom is -0.480 e. The Kier molecular flexibility index (Phi) is 7.98. The standard InChI is InChI=1S/C26H22F3N5O7/c1-2-41-24(39)15-3-5-16(6-4-15)31-25(40)30-11-14-7-8-33(12-14)19-10-20-18(9-17(19)26(27,28)29)32-22(37)23(38)34(20)13-21(35)36/h3-10,12H,2,11,13H2,1H3,(H,32,37)(H,35,36)(H2,30,31,40). The van der Waals surface area contributed by atoms with Crippen molar-refractivity contribution in [2.75, 3.05) is 11.9 Å². The van der Waals surface area contributed by atoms with Crippen molar-refractivity contribution in [2.45, 2.75) is 26.2 Å². The van der Waals surface area contributed by atoms with Crippen molar-refractivity contribution in [3.8, 4) is 5.69 Å². The quantitative estimate of drug-likeness (QED) is 0.186. The molecule has 0 fully saturated rings.